The van der Waals surface area contributed by atoms with Gasteiger partial charge in [-0.15, -0.1) is 0 Å². The SMILES string of the molecule is COc1ccc(OC)c(NC(=O)C(=O)Nc2ccc(Cl)cc2Cl)c1. The van der Waals surface area contributed by atoms with E-state index in [1.807, 2.05) is 0 Å². The van der Waals surface area contributed by atoms with E-state index in [0.29, 0.717) is 22.2 Å². The molecule has 0 saturated heterocycles. The summed E-state index contributed by atoms with van der Waals surface area (Å²) < 4.78 is 10.2. The van der Waals surface area contributed by atoms with Gasteiger partial charge in [0.2, 0.25) is 0 Å². The molecule has 0 fully saturated rings. The summed E-state index contributed by atoms with van der Waals surface area (Å²) in [4.78, 5) is 24.1. The number of carbonyl (C=O) groups is 2. The molecule has 0 saturated carbocycles. The van der Waals surface area contributed by atoms with Crippen LogP contribution in [0.25, 0.3) is 0 Å². The number of nitrogens with one attached hydrogen (secondary N) is 2. The van der Waals surface area contributed by atoms with Crippen LogP contribution in [0.2, 0.25) is 10.0 Å². The lowest BCUT2D eigenvalue weighted by atomic mass is 10.2. The first-order valence-electron chi connectivity index (χ1n) is 6.74. The molecule has 0 unspecified atom stereocenters. The Bertz CT molecular complexity index is 781. The van der Waals surface area contributed by atoms with Gasteiger partial charge in [-0.25, -0.2) is 0 Å². The van der Waals surface area contributed by atoms with E-state index in [1.54, 1.807) is 24.3 Å². The highest BCUT2D eigenvalue weighted by atomic mass is 35.5. The van der Waals surface area contributed by atoms with E-state index < -0.39 is 11.8 Å². The summed E-state index contributed by atoms with van der Waals surface area (Å²) in [5.74, 6) is -0.870. The minimum Gasteiger partial charge on any atom is -0.497 e. The molecule has 0 aliphatic rings. The van der Waals surface area contributed by atoms with E-state index >= 15 is 0 Å². The molecular formula is C16H14Cl2N2O4. The van der Waals surface area contributed by atoms with Crippen molar-refractivity contribution in [1.82, 2.24) is 0 Å². The summed E-state index contributed by atoms with van der Waals surface area (Å²) in [6.45, 7) is 0. The number of benzene rings is 2. The molecule has 2 aromatic carbocycles. The number of carbonyl (C=O) groups excluding carboxylic acids is 2. The Morgan fingerprint density at radius 1 is 0.875 bits per heavy atom. The van der Waals surface area contributed by atoms with Gasteiger partial charge in [-0.3, -0.25) is 9.59 Å². The van der Waals surface area contributed by atoms with Crippen LogP contribution in [0.3, 0.4) is 0 Å². The maximum Gasteiger partial charge on any atom is 0.314 e. The Morgan fingerprint density at radius 3 is 2.12 bits per heavy atom. The topological polar surface area (TPSA) is 76.7 Å². The Hall–Kier alpha value is -2.44. The molecule has 2 aromatic rings. The van der Waals surface area contributed by atoms with Crippen LogP contribution in [0.4, 0.5) is 11.4 Å². The molecule has 2 rings (SSSR count). The number of rotatable bonds is 4. The quantitative estimate of drug-likeness (QED) is 0.808. The predicted molar refractivity (Wildman–Crippen MR) is 93.3 cm³/mol. The van der Waals surface area contributed by atoms with Crippen LogP contribution in [-0.2, 0) is 9.59 Å². The van der Waals surface area contributed by atoms with Gasteiger partial charge >= 0.3 is 11.8 Å². The van der Waals surface area contributed by atoms with Gasteiger partial charge in [-0.05, 0) is 30.3 Å². The van der Waals surface area contributed by atoms with E-state index in [9.17, 15) is 9.59 Å². The number of anilines is 2. The lowest BCUT2D eigenvalue weighted by Gasteiger charge is -2.12. The van der Waals surface area contributed by atoms with Crippen LogP contribution in [0.15, 0.2) is 36.4 Å². The molecule has 0 aromatic heterocycles. The molecule has 0 aliphatic heterocycles. The number of hydrogen-bond acceptors (Lipinski definition) is 4. The minimum absolute atomic E-state index is 0.225. The van der Waals surface area contributed by atoms with Gasteiger partial charge in [0.25, 0.3) is 0 Å². The molecule has 126 valence electrons. The van der Waals surface area contributed by atoms with Crippen molar-refractivity contribution >= 4 is 46.4 Å². The second-order valence-electron chi connectivity index (χ2n) is 4.60. The number of amides is 2. The zero-order chi connectivity index (χ0) is 17.7. The van der Waals surface area contributed by atoms with Gasteiger partial charge in [-0.1, -0.05) is 23.2 Å². The van der Waals surface area contributed by atoms with Crippen LogP contribution in [0.1, 0.15) is 0 Å². The van der Waals surface area contributed by atoms with Crippen LogP contribution < -0.4 is 20.1 Å². The molecule has 0 spiro atoms. The molecule has 0 heterocycles. The third-order valence-corrected chi connectivity index (χ3v) is 3.59. The standard InChI is InChI=1S/C16H14Cl2N2O4/c1-23-10-4-6-14(24-2)13(8-10)20-16(22)15(21)19-12-5-3-9(17)7-11(12)18/h3-8H,1-2H3,(H,19,21)(H,20,22). The summed E-state index contributed by atoms with van der Waals surface area (Å²) in [5, 5.41) is 5.52. The van der Waals surface area contributed by atoms with Crippen LogP contribution in [0, 0.1) is 0 Å². The summed E-state index contributed by atoms with van der Waals surface area (Å²) in [6.07, 6.45) is 0. The maximum absolute atomic E-state index is 12.1. The number of hydrogen-bond donors (Lipinski definition) is 2. The zero-order valence-electron chi connectivity index (χ0n) is 12.9. The highest BCUT2D eigenvalue weighted by Gasteiger charge is 2.17. The Kier molecular flexibility index (Phi) is 5.89. The van der Waals surface area contributed by atoms with Gasteiger partial charge in [0, 0.05) is 11.1 Å². The van der Waals surface area contributed by atoms with Gasteiger partial charge in [0.15, 0.2) is 0 Å². The molecule has 0 radical (unpaired) electrons. The number of ether oxygens (including phenoxy) is 2. The molecule has 2 N–H and O–H groups in total. The van der Waals surface area contributed by atoms with E-state index in [1.165, 1.54) is 26.4 Å². The lowest BCUT2D eigenvalue weighted by molar-refractivity contribution is -0.133. The molecule has 0 aliphatic carbocycles. The van der Waals surface area contributed by atoms with Gasteiger partial charge < -0.3 is 20.1 Å². The fourth-order valence-electron chi connectivity index (χ4n) is 1.86. The molecule has 24 heavy (non-hydrogen) atoms. The molecule has 8 heteroatoms. The Balaban J connectivity index is 2.13. The lowest BCUT2D eigenvalue weighted by Crippen LogP contribution is -2.29. The first-order chi connectivity index (χ1) is 11.4. The van der Waals surface area contributed by atoms with Crippen LogP contribution >= 0.6 is 23.2 Å². The normalized spacial score (nSPS) is 10.0. The Labute approximate surface area is 148 Å². The number of halogens is 2. The highest BCUT2D eigenvalue weighted by Crippen LogP contribution is 2.29. The first kappa shape index (κ1) is 17.9. The zero-order valence-corrected chi connectivity index (χ0v) is 14.4. The van der Waals surface area contributed by atoms with Crippen molar-refractivity contribution in [3.8, 4) is 11.5 Å². The monoisotopic (exact) mass is 368 g/mol. The van der Waals surface area contributed by atoms with Gasteiger partial charge in [0.1, 0.15) is 11.5 Å². The van der Waals surface area contributed by atoms with Crippen molar-refractivity contribution in [2.24, 2.45) is 0 Å². The highest BCUT2D eigenvalue weighted by molar-refractivity contribution is 6.45. The van der Waals surface area contributed by atoms with Crippen molar-refractivity contribution in [2.75, 3.05) is 24.9 Å². The smallest absolute Gasteiger partial charge is 0.314 e. The molecule has 0 bridgehead atoms. The molecule has 0 atom stereocenters. The maximum atomic E-state index is 12.1. The first-order valence-corrected chi connectivity index (χ1v) is 7.49. The average Bonchev–Trinajstić information content (AvgIpc) is 2.57. The van der Waals surface area contributed by atoms with E-state index in [2.05, 4.69) is 10.6 Å². The average molecular weight is 369 g/mol. The second-order valence-corrected chi connectivity index (χ2v) is 5.44. The van der Waals surface area contributed by atoms with Crippen molar-refractivity contribution in [3.63, 3.8) is 0 Å². The molecular weight excluding hydrogens is 355 g/mol. The third-order valence-electron chi connectivity index (χ3n) is 3.04. The summed E-state index contributed by atoms with van der Waals surface area (Å²) >= 11 is 11.7. The van der Waals surface area contributed by atoms with Crippen molar-refractivity contribution < 1.29 is 19.1 Å². The molecule has 2 amide bonds. The Morgan fingerprint density at radius 2 is 1.54 bits per heavy atom. The predicted octanol–water partition coefficient (Wildman–Crippen LogP) is 3.59. The number of methoxy groups -OCH3 is 2. The van der Waals surface area contributed by atoms with Crippen molar-refractivity contribution in [1.29, 1.82) is 0 Å². The van der Waals surface area contributed by atoms with Gasteiger partial charge in [-0.2, -0.15) is 0 Å². The minimum atomic E-state index is -0.885. The summed E-state index contributed by atoms with van der Waals surface area (Å²) in [5.41, 5.74) is 0.582. The fraction of sp³-hybridized carbons (Fsp3) is 0.125. The summed E-state index contributed by atoms with van der Waals surface area (Å²) in [6, 6.07) is 9.33. The van der Waals surface area contributed by atoms with E-state index in [4.69, 9.17) is 32.7 Å². The van der Waals surface area contributed by atoms with Crippen molar-refractivity contribution in [3.05, 3.63) is 46.4 Å². The fourth-order valence-corrected chi connectivity index (χ4v) is 2.32. The summed E-state index contributed by atoms with van der Waals surface area (Å²) in [7, 11) is 2.94. The van der Waals surface area contributed by atoms with E-state index in [-0.39, 0.29) is 10.7 Å². The third kappa shape index (κ3) is 4.31. The van der Waals surface area contributed by atoms with Gasteiger partial charge in [0.05, 0.1) is 30.6 Å². The largest absolute Gasteiger partial charge is 0.497 e. The van der Waals surface area contributed by atoms with E-state index in [0.717, 1.165) is 0 Å². The molecule has 6 nitrogen and oxygen atoms in total. The van der Waals surface area contributed by atoms with Crippen molar-refractivity contribution in [2.45, 2.75) is 0 Å². The second kappa shape index (κ2) is 7.90. The van der Waals surface area contributed by atoms with Crippen LogP contribution in [0.5, 0.6) is 11.5 Å². The van der Waals surface area contributed by atoms with Crippen LogP contribution in [-0.4, -0.2) is 26.0 Å².